The van der Waals surface area contributed by atoms with E-state index in [1.54, 1.807) is 28.6 Å². The molecule has 35 heavy (non-hydrogen) atoms. The average Bonchev–Trinajstić information content (AvgIpc) is 3.09. The van der Waals surface area contributed by atoms with Crippen LogP contribution >= 0.6 is 0 Å². The van der Waals surface area contributed by atoms with Gasteiger partial charge in [-0.1, -0.05) is 20.8 Å². The Bertz CT molecular complexity index is 1190. The summed E-state index contributed by atoms with van der Waals surface area (Å²) in [4.78, 5) is 15.3. The highest BCUT2D eigenvalue weighted by Gasteiger charge is 2.53. The van der Waals surface area contributed by atoms with Crippen molar-refractivity contribution in [2.24, 2.45) is 10.8 Å². The lowest BCUT2D eigenvalue weighted by atomic mass is 9.65. The van der Waals surface area contributed by atoms with E-state index in [0.717, 1.165) is 51.3 Å². The second kappa shape index (κ2) is 8.91. The van der Waals surface area contributed by atoms with Crippen molar-refractivity contribution in [3.63, 3.8) is 0 Å². The Morgan fingerprint density at radius 2 is 1.63 bits per heavy atom. The molecule has 8 heteroatoms. The molecule has 1 amide bonds. The molecule has 0 radical (unpaired) electrons. The van der Waals surface area contributed by atoms with Gasteiger partial charge in [0.2, 0.25) is 10.0 Å². The zero-order valence-corrected chi connectivity index (χ0v) is 21.6. The standard InChI is InChI=1S/C27H35N3O4S/c1-26(2)16-23-17-27(3,18-26)19-30(23)35(32,33)24-10-4-20(5-11-24)25(31)28-21-6-8-22(9-7-21)29-12-14-34-15-13-29/h4-11,23H,12-19H2,1-3H3,(H,28,31)/t23-,27+/m1/s1. The van der Waals surface area contributed by atoms with Crippen LogP contribution in [0.15, 0.2) is 53.4 Å². The van der Waals surface area contributed by atoms with Gasteiger partial charge in [-0.05, 0) is 78.6 Å². The van der Waals surface area contributed by atoms with Crippen molar-refractivity contribution in [1.82, 2.24) is 4.31 Å². The van der Waals surface area contributed by atoms with Crippen LogP contribution in [0.4, 0.5) is 11.4 Å². The number of hydrogen-bond donors (Lipinski definition) is 1. The highest BCUT2D eigenvalue weighted by atomic mass is 32.2. The zero-order chi connectivity index (χ0) is 24.8. The lowest BCUT2D eigenvalue weighted by Crippen LogP contribution is -2.37. The molecule has 2 saturated heterocycles. The molecule has 2 aliphatic heterocycles. The number of carbonyl (C=O) groups is 1. The first-order valence-corrected chi connectivity index (χ1v) is 13.8. The monoisotopic (exact) mass is 497 g/mol. The van der Waals surface area contributed by atoms with Crippen LogP contribution in [-0.2, 0) is 14.8 Å². The van der Waals surface area contributed by atoms with Gasteiger partial charge in [0.1, 0.15) is 0 Å². The zero-order valence-electron chi connectivity index (χ0n) is 20.8. The van der Waals surface area contributed by atoms with Crippen molar-refractivity contribution in [2.45, 2.75) is 51.0 Å². The van der Waals surface area contributed by atoms with E-state index in [2.05, 4.69) is 31.0 Å². The van der Waals surface area contributed by atoms with Crippen LogP contribution in [0.2, 0.25) is 0 Å². The number of anilines is 2. The number of amides is 1. The van der Waals surface area contributed by atoms with Crippen LogP contribution in [0.1, 0.15) is 50.4 Å². The van der Waals surface area contributed by atoms with Crippen LogP contribution in [0, 0.1) is 10.8 Å². The molecule has 2 heterocycles. The molecule has 188 valence electrons. The Kier molecular flexibility index (Phi) is 6.18. The molecule has 2 aromatic carbocycles. The Labute approximate surface area is 208 Å². The second-order valence-electron chi connectivity index (χ2n) is 11.4. The van der Waals surface area contributed by atoms with E-state index in [9.17, 15) is 13.2 Å². The summed E-state index contributed by atoms with van der Waals surface area (Å²) < 4.78 is 34.1. The fourth-order valence-electron chi connectivity index (χ4n) is 6.38. The van der Waals surface area contributed by atoms with Crippen LogP contribution in [0.5, 0.6) is 0 Å². The van der Waals surface area contributed by atoms with Crippen molar-refractivity contribution in [1.29, 1.82) is 0 Å². The number of fused-ring (bicyclic) bond motifs is 2. The van der Waals surface area contributed by atoms with Gasteiger partial charge < -0.3 is 15.0 Å². The summed E-state index contributed by atoms with van der Waals surface area (Å²) in [6.45, 7) is 10.4. The number of morpholine rings is 1. The molecule has 2 atom stereocenters. The predicted molar refractivity (Wildman–Crippen MR) is 137 cm³/mol. The molecule has 5 rings (SSSR count). The number of benzene rings is 2. The van der Waals surface area contributed by atoms with Crippen LogP contribution < -0.4 is 10.2 Å². The third-order valence-electron chi connectivity index (χ3n) is 7.59. The first kappa shape index (κ1) is 24.3. The topological polar surface area (TPSA) is 79.0 Å². The maximum absolute atomic E-state index is 13.5. The van der Waals surface area contributed by atoms with Gasteiger partial charge in [0.05, 0.1) is 18.1 Å². The molecule has 0 aromatic heterocycles. The largest absolute Gasteiger partial charge is 0.378 e. The highest BCUT2D eigenvalue weighted by Crippen LogP contribution is 2.53. The van der Waals surface area contributed by atoms with Crippen LogP contribution in [0.3, 0.4) is 0 Å². The minimum Gasteiger partial charge on any atom is -0.378 e. The quantitative estimate of drug-likeness (QED) is 0.664. The van der Waals surface area contributed by atoms with Gasteiger partial charge in [-0.2, -0.15) is 4.31 Å². The van der Waals surface area contributed by atoms with E-state index in [1.165, 1.54) is 0 Å². The molecule has 1 saturated carbocycles. The van der Waals surface area contributed by atoms with Gasteiger partial charge in [0.25, 0.3) is 5.91 Å². The summed E-state index contributed by atoms with van der Waals surface area (Å²) in [6, 6.07) is 14.1. The van der Waals surface area contributed by atoms with E-state index >= 15 is 0 Å². The van der Waals surface area contributed by atoms with Gasteiger partial charge in [-0.15, -0.1) is 0 Å². The Hall–Kier alpha value is -2.42. The van der Waals surface area contributed by atoms with Crippen molar-refractivity contribution < 1.29 is 17.9 Å². The van der Waals surface area contributed by atoms with Crippen molar-refractivity contribution >= 4 is 27.3 Å². The van der Waals surface area contributed by atoms with Gasteiger partial charge in [0, 0.05) is 42.6 Å². The Morgan fingerprint density at radius 1 is 0.971 bits per heavy atom. The Morgan fingerprint density at radius 3 is 2.29 bits per heavy atom. The summed E-state index contributed by atoms with van der Waals surface area (Å²) in [5, 5.41) is 2.90. The summed E-state index contributed by atoms with van der Waals surface area (Å²) in [6.07, 6.45) is 2.84. The van der Waals surface area contributed by atoms with E-state index in [4.69, 9.17) is 4.74 Å². The van der Waals surface area contributed by atoms with E-state index in [-0.39, 0.29) is 27.7 Å². The van der Waals surface area contributed by atoms with Crippen molar-refractivity contribution in [2.75, 3.05) is 43.1 Å². The van der Waals surface area contributed by atoms with Crippen molar-refractivity contribution in [3.8, 4) is 0 Å². The van der Waals surface area contributed by atoms with Crippen LogP contribution in [0.25, 0.3) is 0 Å². The molecule has 2 aromatic rings. The molecule has 1 aliphatic carbocycles. The summed E-state index contributed by atoms with van der Waals surface area (Å²) in [5.41, 5.74) is 2.39. The number of carbonyl (C=O) groups excluding carboxylic acids is 1. The molecular weight excluding hydrogens is 462 g/mol. The minimum absolute atomic E-state index is 0.0244. The Balaban J connectivity index is 1.26. The molecule has 0 unspecified atom stereocenters. The number of hydrogen-bond acceptors (Lipinski definition) is 5. The normalized spacial score (nSPS) is 26.5. The molecule has 1 N–H and O–H groups in total. The van der Waals surface area contributed by atoms with Crippen LogP contribution in [-0.4, -0.2) is 57.5 Å². The summed E-state index contributed by atoms with van der Waals surface area (Å²) in [5.74, 6) is -0.264. The first-order valence-electron chi connectivity index (χ1n) is 12.4. The van der Waals surface area contributed by atoms with Gasteiger partial charge >= 0.3 is 0 Å². The number of nitrogens with zero attached hydrogens (tertiary/aromatic N) is 2. The van der Waals surface area contributed by atoms with E-state index < -0.39 is 10.0 Å². The van der Waals surface area contributed by atoms with Gasteiger partial charge in [0.15, 0.2) is 0 Å². The third-order valence-corrected chi connectivity index (χ3v) is 9.50. The average molecular weight is 498 g/mol. The fraction of sp³-hybridized carbons (Fsp3) is 0.519. The molecule has 3 fully saturated rings. The first-order chi connectivity index (χ1) is 16.5. The molecule has 3 aliphatic rings. The van der Waals surface area contributed by atoms with Gasteiger partial charge in [-0.3, -0.25) is 4.79 Å². The van der Waals surface area contributed by atoms with E-state index in [0.29, 0.717) is 17.8 Å². The number of sulfonamides is 1. The minimum atomic E-state index is -3.61. The molecule has 2 bridgehead atoms. The van der Waals surface area contributed by atoms with Crippen molar-refractivity contribution in [3.05, 3.63) is 54.1 Å². The molecule has 0 spiro atoms. The maximum Gasteiger partial charge on any atom is 0.255 e. The molecular formula is C27H35N3O4S. The van der Waals surface area contributed by atoms with Gasteiger partial charge in [-0.25, -0.2) is 8.42 Å². The lowest BCUT2D eigenvalue weighted by molar-refractivity contribution is 0.102. The lowest BCUT2D eigenvalue weighted by Gasteiger charge is -2.39. The maximum atomic E-state index is 13.5. The third kappa shape index (κ3) is 4.97. The summed E-state index contributed by atoms with van der Waals surface area (Å²) >= 11 is 0. The number of nitrogens with one attached hydrogen (secondary N) is 1. The second-order valence-corrected chi connectivity index (χ2v) is 13.3. The summed E-state index contributed by atoms with van der Waals surface area (Å²) in [7, 11) is -3.61. The SMILES string of the molecule is CC1(C)C[C@@H]2C[C@](C)(CN2S(=O)(=O)c2ccc(C(=O)Nc3ccc(N4CCOCC4)cc3)cc2)C1. The smallest absolute Gasteiger partial charge is 0.255 e. The predicted octanol–water partition coefficient (Wildman–Crippen LogP) is 4.36. The van der Waals surface area contributed by atoms with E-state index in [1.807, 2.05) is 24.3 Å². The number of ether oxygens (including phenoxy) is 1. The fourth-order valence-corrected chi connectivity index (χ4v) is 8.16. The molecule has 7 nitrogen and oxygen atoms in total. The number of rotatable bonds is 5. The highest BCUT2D eigenvalue weighted by molar-refractivity contribution is 7.89.